The summed E-state index contributed by atoms with van der Waals surface area (Å²) in [6.45, 7) is 0.400. The molecular formula is C12H17NO5. The maximum Gasteiger partial charge on any atom is 0.344 e. The van der Waals surface area contributed by atoms with Crippen LogP contribution in [-0.2, 0) is 14.3 Å². The number of nitrogens with two attached hydrogens (primary N) is 1. The van der Waals surface area contributed by atoms with Crippen molar-refractivity contribution in [1.29, 1.82) is 0 Å². The minimum absolute atomic E-state index is 0.0491. The lowest BCUT2D eigenvalue weighted by Crippen LogP contribution is -2.18. The van der Waals surface area contributed by atoms with Crippen molar-refractivity contribution in [1.82, 2.24) is 0 Å². The summed E-state index contributed by atoms with van der Waals surface area (Å²) in [5.74, 6) is 0.0357. The van der Waals surface area contributed by atoms with Gasteiger partial charge in [-0.25, -0.2) is 4.79 Å². The number of aliphatic hydroxyl groups excluding tert-OH is 1. The van der Waals surface area contributed by atoms with E-state index in [0.29, 0.717) is 11.4 Å². The van der Waals surface area contributed by atoms with Gasteiger partial charge in [-0.3, -0.25) is 0 Å². The Bertz CT molecular complexity index is 369. The zero-order chi connectivity index (χ0) is 13.2. The molecule has 0 fully saturated rings. The van der Waals surface area contributed by atoms with E-state index in [1.165, 1.54) is 0 Å². The highest BCUT2D eigenvalue weighted by Crippen LogP contribution is 2.14. The van der Waals surface area contributed by atoms with E-state index in [2.05, 4.69) is 0 Å². The van der Waals surface area contributed by atoms with Crippen molar-refractivity contribution in [2.75, 3.05) is 38.8 Å². The van der Waals surface area contributed by atoms with Crippen LogP contribution in [-0.4, -0.2) is 44.1 Å². The smallest absolute Gasteiger partial charge is 0.344 e. The van der Waals surface area contributed by atoms with Crippen LogP contribution in [0.15, 0.2) is 24.3 Å². The van der Waals surface area contributed by atoms with Gasteiger partial charge in [0.1, 0.15) is 12.4 Å². The lowest BCUT2D eigenvalue weighted by molar-refractivity contribution is -0.147. The van der Waals surface area contributed by atoms with Gasteiger partial charge in [-0.05, 0) is 12.1 Å². The molecule has 0 radical (unpaired) electrons. The van der Waals surface area contributed by atoms with Crippen molar-refractivity contribution >= 4 is 11.7 Å². The molecule has 0 saturated heterocycles. The second-order valence-electron chi connectivity index (χ2n) is 3.42. The summed E-state index contributed by atoms with van der Waals surface area (Å²) >= 11 is 0. The maximum atomic E-state index is 11.3. The van der Waals surface area contributed by atoms with Gasteiger partial charge in [-0.15, -0.1) is 0 Å². The number of aliphatic hydroxyl groups is 1. The molecule has 1 rings (SSSR count). The van der Waals surface area contributed by atoms with Crippen molar-refractivity contribution in [2.45, 2.75) is 0 Å². The first-order chi connectivity index (χ1) is 8.72. The Labute approximate surface area is 105 Å². The fourth-order valence-electron chi connectivity index (χ4n) is 1.17. The first kappa shape index (κ1) is 14.3. The Morgan fingerprint density at radius 1 is 1.28 bits per heavy atom. The van der Waals surface area contributed by atoms with E-state index in [9.17, 15) is 4.79 Å². The van der Waals surface area contributed by atoms with E-state index in [1.807, 2.05) is 0 Å². The van der Waals surface area contributed by atoms with E-state index in [1.54, 1.807) is 24.3 Å². The van der Waals surface area contributed by atoms with Gasteiger partial charge in [0.25, 0.3) is 0 Å². The van der Waals surface area contributed by atoms with Crippen LogP contribution in [0.5, 0.6) is 5.75 Å². The van der Waals surface area contributed by atoms with Crippen LogP contribution in [0.25, 0.3) is 0 Å². The van der Waals surface area contributed by atoms with Crippen LogP contribution < -0.4 is 10.5 Å². The summed E-state index contributed by atoms with van der Waals surface area (Å²) in [6.07, 6.45) is 0. The first-order valence-corrected chi connectivity index (χ1v) is 5.55. The van der Waals surface area contributed by atoms with Gasteiger partial charge in [-0.2, -0.15) is 0 Å². The van der Waals surface area contributed by atoms with Crippen molar-refractivity contribution in [2.24, 2.45) is 0 Å². The van der Waals surface area contributed by atoms with E-state index in [-0.39, 0.29) is 33.0 Å². The summed E-state index contributed by atoms with van der Waals surface area (Å²) in [5.41, 5.74) is 6.13. The maximum absolute atomic E-state index is 11.3. The molecule has 0 aliphatic rings. The fourth-order valence-corrected chi connectivity index (χ4v) is 1.17. The highest BCUT2D eigenvalue weighted by molar-refractivity contribution is 5.71. The molecule has 0 aromatic heterocycles. The van der Waals surface area contributed by atoms with E-state index >= 15 is 0 Å². The third kappa shape index (κ3) is 6.07. The molecule has 0 aliphatic heterocycles. The van der Waals surface area contributed by atoms with Crippen LogP contribution >= 0.6 is 0 Å². The lowest BCUT2D eigenvalue weighted by atomic mass is 10.3. The molecule has 1 aromatic rings. The molecule has 0 amide bonds. The lowest BCUT2D eigenvalue weighted by Gasteiger charge is -2.07. The van der Waals surface area contributed by atoms with Crippen molar-refractivity contribution < 1.29 is 24.1 Å². The number of anilines is 1. The molecule has 0 spiro atoms. The summed E-state index contributed by atoms with van der Waals surface area (Å²) in [7, 11) is 0. The van der Waals surface area contributed by atoms with Crippen molar-refractivity contribution in [3.05, 3.63) is 24.3 Å². The van der Waals surface area contributed by atoms with Gasteiger partial charge in [0.05, 0.1) is 19.8 Å². The molecule has 1 aromatic carbocycles. The minimum atomic E-state index is -0.481. The summed E-state index contributed by atoms with van der Waals surface area (Å²) in [6, 6.07) is 6.79. The number of carbonyl (C=O) groups excluding carboxylic acids is 1. The molecule has 0 bridgehead atoms. The molecule has 0 heterocycles. The number of hydrogen-bond acceptors (Lipinski definition) is 6. The van der Waals surface area contributed by atoms with Crippen LogP contribution in [0.4, 0.5) is 5.69 Å². The van der Waals surface area contributed by atoms with Gasteiger partial charge < -0.3 is 25.1 Å². The second kappa shape index (κ2) is 8.32. The molecule has 0 unspecified atom stereocenters. The number of hydrogen-bond donors (Lipinski definition) is 2. The molecule has 6 heteroatoms. The Morgan fingerprint density at radius 3 is 2.83 bits per heavy atom. The number of benzene rings is 1. The van der Waals surface area contributed by atoms with Crippen LogP contribution in [0.2, 0.25) is 0 Å². The summed E-state index contributed by atoms with van der Waals surface area (Å²) in [5, 5.41) is 8.44. The Balaban J connectivity index is 2.13. The van der Waals surface area contributed by atoms with Crippen LogP contribution in [0, 0.1) is 0 Å². The molecule has 0 atom stereocenters. The van der Waals surface area contributed by atoms with Gasteiger partial charge in [0.15, 0.2) is 6.61 Å². The molecular weight excluding hydrogens is 238 g/mol. The second-order valence-corrected chi connectivity index (χ2v) is 3.42. The minimum Gasteiger partial charge on any atom is -0.482 e. The summed E-state index contributed by atoms with van der Waals surface area (Å²) < 4.78 is 15.0. The molecule has 0 saturated carbocycles. The van der Waals surface area contributed by atoms with E-state index in [4.69, 9.17) is 25.1 Å². The predicted octanol–water partition coefficient (Wildman–Crippen LogP) is 0.200. The van der Waals surface area contributed by atoms with Gasteiger partial charge in [0.2, 0.25) is 0 Å². The van der Waals surface area contributed by atoms with Gasteiger partial charge in [0, 0.05) is 11.8 Å². The zero-order valence-corrected chi connectivity index (χ0v) is 10.0. The van der Waals surface area contributed by atoms with E-state index in [0.717, 1.165) is 0 Å². The van der Waals surface area contributed by atoms with Crippen molar-refractivity contribution in [3.8, 4) is 5.75 Å². The monoisotopic (exact) mass is 255 g/mol. The highest BCUT2D eigenvalue weighted by Gasteiger charge is 2.04. The summed E-state index contributed by atoms with van der Waals surface area (Å²) in [4.78, 5) is 11.3. The topological polar surface area (TPSA) is 91.0 Å². The molecule has 6 nitrogen and oxygen atoms in total. The normalized spacial score (nSPS) is 10.1. The fraction of sp³-hybridized carbons (Fsp3) is 0.417. The average Bonchev–Trinajstić information content (AvgIpc) is 2.36. The molecule has 3 N–H and O–H groups in total. The Morgan fingerprint density at radius 2 is 2.11 bits per heavy atom. The number of ether oxygens (including phenoxy) is 3. The zero-order valence-electron chi connectivity index (χ0n) is 10.0. The number of carbonyl (C=O) groups is 1. The average molecular weight is 255 g/mol. The molecule has 18 heavy (non-hydrogen) atoms. The standard InChI is InChI=1S/C12H17NO5/c13-10-2-1-3-11(8-10)18-9-12(15)17-7-6-16-5-4-14/h1-3,8,14H,4-7,9,13H2. The third-order valence-electron chi connectivity index (χ3n) is 1.94. The highest BCUT2D eigenvalue weighted by atomic mass is 16.6. The van der Waals surface area contributed by atoms with Crippen LogP contribution in [0.1, 0.15) is 0 Å². The third-order valence-corrected chi connectivity index (χ3v) is 1.94. The number of nitrogen functional groups attached to an aromatic ring is 1. The van der Waals surface area contributed by atoms with Gasteiger partial charge >= 0.3 is 5.97 Å². The molecule has 100 valence electrons. The molecule has 0 aliphatic carbocycles. The predicted molar refractivity (Wildman–Crippen MR) is 65.2 cm³/mol. The number of rotatable bonds is 8. The SMILES string of the molecule is Nc1cccc(OCC(=O)OCCOCCO)c1. The first-order valence-electron chi connectivity index (χ1n) is 5.55. The largest absolute Gasteiger partial charge is 0.482 e. The Hall–Kier alpha value is -1.79. The van der Waals surface area contributed by atoms with Crippen LogP contribution in [0.3, 0.4) is 0 Å². The number of esters is 1. The van der Waals surface area contributed by atoms with E-state index < -0.39 is 5.97 Å². The van der Waals surface area contributed by atoms with Gasteiger partial charge in [-0.1, -0.05) is 6.07 Å². The Kier molecular flexibility index (Phi) is 6.60. The quantitative estimate of drug-likeness (QED) is 0.392. The van der Waals surface area contributed by atoms with Crippen molar-refractivity contribution in [3.63, 3.8) is 0 Å².